The van der Waals surface area contributed by atoms with Gasteiger partial charge in [0.25, 0.3) is 0 Å². The van der Waals surface area contributed by atoms with Crippen LogP contribution in [0.25, 0.3) is 0 Å². The Morgan fingerprint density at radius 3 is 1.07 bits per heavy atom. The largest absolute Gasteiger partial charge is 0.724 e. The number of hydrogen-bond donors (Lipinski definition) is 11. The van der Waals surface area contributed by atoms with E-state index < -0.39 is 225 Å². The summed E-state index contributed by atoms with van der Waals surface area (Å²) in [5.74, 6) is -3.44. The number of hydroxylamine groups is 3. The zero-order valence-electron chi connectivity index (χ0n) is 49.4. The first-order chi connectivity index (χ1) is 40.9. The van der Waals surface area contributed by atoms with E-state index in [0.717, 1.165) is 0 Å². The number of nitrogens with one attached hydrogen (secondary N) is 3. The molecule has 0 spiro atoms. The van der Waals surface area contributed by atoms with Gasteiger partial charge in [0.1, 0.15) is 73.1 Å². The molecule has 12 unspecified atom stereocenters. The van der Waals surface area contributed by atoms with Gasteiger partial charge in [-0.2, -0.15) is 29.3 Å². The summed E-state index contributed by atoms with van der Waals surface area (Å²) in [7, 11) is -19.9. The van der Waals surface area contributed by atoms with Gasteiger partial charge in [-0.15, -0.1) is 0 Å². The maximum absolute atomic E-state index is 12.1. The van der Waals surface area contributed by atoms with Crippen molar-refractivity contribution >= 4 is 41.0 Å². The Hall–Kier alpha value is -1.36. The van der Waals surface area contributed by atoms with Crippen molar-refractivity contribution in [1.82, 2.24) is 16.4 Å². The van der Waals surface area contributed by atoms with Crippen LogP contribution in [-0.2, 0) is 111 Å². The Kier molecular flexibility index (Phi) is 27.4. The van der Waals surface area contributed by atoms with Crippen LogP contribution >= 0.6 is 0 Å². The number of nitrogens with two attached hydrogens (primary N) is 1. The average molecular weight is 1360 g/mol. The molecule has 6 heterocycles. The van der Waals surface area contributed by atoms with Gasteiger partial charge in [-0.3, -0.25) is 0 Å². The number of sulfone groups is 1. The van der Waals surface area contributed by atoms with E-state index in [0.29, 0.717) is 0 Å². The van der Waals surface area contributed by atoms with Gasteiger partial charge < -0.3 is 112 Å². The summed E-state index contributed by atoms with van der Waals surface area (Å²) in [6.07, 6.45) is -34.6. The Labute approximate surface area is 510 Å². The van der Waals surface area contributed by atoms with Gasteiger partial charge in [0.05, 0.1) is 73.0 Å². The van der Waals surface area contributed by atoms with Crippen LogP contribution in [0, 0.1) is 17.8 Å². The fourth-order valence-corrected chi connectivity index (χ4v) is 13.0. The molecule has 518 valence electrons. The predicted octanol–water partition coefficient (Wildman–Crippen LogP) is -6.18. The van der Waals surface area contributed by atoms with Crippen molar-refractivity contribution in [3.8, 4) is 0 Å². The summed E-state index contributed by atoms with van der Waals surface area (Å²) in [4.78, 5) is 0. The van der Waals surface area contributed by atoms with E-state index in [4.69, 9.17) is 62.6 Å². The summed E-state index contributed by atoms with van der Waals surface area (Å²) >= 11 is 0. The van der Waals surface area contributed by atoms with Crippen LogP contribution in [0.3, 0.4) is 0 Å². The van der Waals surface area contributed by atoms with E-state index in [9.17, 15) is 83.1 Å². The van der Waals surface area contributed by atoms with Gasteiger partial charge in [-0.05, 0) is 46.5 Å². The third kappa shape index (κ3) is 19.4. The molecule has 0 aromatic carbocycles. The molecule has 0 radical (unpaired) electrons. The predicted molar refractivity (Wildman–Crippen MR) is 285 cm³/mol. The third-order valence-electron chi connectivity index (χ3n) is 16.2. The number of rotatable bonds is 29. The first kappa shape index (κ1) is 75.7. The Balaban J connectivity index is 1.13. The lowest BCUT2D eigenvalue weighted by molar-refractivity contribution is -0.375. The van der Waals surface area contributed by atoms with E-state index in [-0.39, 0.29) is 50.3 Å². The molecular formula is C47H85N4O33S4-3. The minimum atomic E-state index is -5.56. The fraction of sp³-hybridized carbons (Fsp3) is 1.00. The normalized spacial score (nSPS) is 44.2. The summed E-state index contributed by atoms with van der Waals surface area (Å²) in [5, 5.41) is 80.5. The van der Waals surface area contributed by atoms with Crippen LogP contribution in [0.5, 0.6) is 0 Å². The van der Waals surface area contributed by atoms with Crippen LogP contribution in [0.4, 0.5) is 0 Å². The SMILES string of the molecule is CCC1O[C@H](O[C@@H]2C(C)O[C@@H](O[C@@H]3C(CC)O[C@H](O[C@@H]4C(C)O[C@@H](O[C@@H]5C(CC)O[C@H](O[C@@H]6C(C)O[C@@H](OCCCS(=O)(=O)CCN)[C@@H](C)C6O)[C@@H](NOS(=O)(=O)[O-])C5O)[C@@H](C)C4O)[C@@H](NOS(=O)(=O)[O-])C3O)[C@@H](C)C2O)[C@@H](NOS(=O)(=O)[O-])C(O)[C@@H]1O. The quantitative estimate of drug-likeness (QED) is 0.0144. The topological polar surface area (TPSA) is 548 Å². The van der Waals surface area contributed by atoms with Crippen molar-refractivity contribution in [2.24, 2.45) is 23.5 Å². The molecule has 0 amide bonds. The van der Waals surface area contributed by atoms with Crippen molar-refractivity contribution in [3.05, 3.63) is 0 Å². The smallest absolute Gasteiger partial charge is 0.234 e. The minimum Gasteiger partial charge on any atom is -0.724 e. The molecule has 6 saturated heterocycles. The van der Waals surface area contributed by atoms with Crippen LogP contribution in [0.2, 0.25) is 0 Å². The summed E-state index contributed by atoms with van der Waals surface area (Å²) < 4.78 is 215. The Morgan fingerprint density at radius 1 is 0.409 bits per heavy atom. The van der Waals surface area contributed by atoms with Crippen molar-refractivity contribution in [1.29, 1.82) is 0 Å². The molecule has 12 N–H and O–H groups in total. The molecule has 0 aromatic heterocycles. The molecule has 0 bridgehead atoms. The van der Waals surface area contributed by atoms with Crippen molar-refractivity contribution < 1.29 is 153 Å². The average Bonchev–Trinajstić information content (AvgIpc) is 1.15. The molecule has 6 fully saturated rings. The standard InChI is InChI=1S/C47H88N4O33S4/c1-10-24-33(55)34(56)27(49-82-86(61,62)63)45(74-24)77-38-22(8)72-43(19(5)31(38)53)80-41-26(12-3)76-47(29(36(41)58)51-84-88(67,68)69)79-39-23(9)73-44(20(6)32(39)54)81-40-25(11-2)75-46(28(35(40)57)50-83-87(64,65)66)78-37-21(7)71-42(18(4)30(37)52)70-15-13-16-85(59,60)17-14-48/h18-47,49-58H,10-17,48H2,1-9H3,(H,61,62,63)(H,64,65,66)(H,67,68,69)/p-3/t18-,19-,20-,21?,22?,23?,24?,25?,26?,27-,28-,29-,30?,31?,32?,33+,34?,35?,36?,37+,38+,39+,40+,41+,42+,43-,44-,45+,46+,47+/m0/s1. The van der Waals surface area contributed by atoms with E-state index in [1.54, 1.807) is 27.7 Å². The monoisotopic (exact) mass is 1360 g/mol. The van der Waals surface area contributed by atoms with Crippen LogP contribution in [-0.4, -0.2) is 273 Å². The van der Waals surface area contributed by atoms with Gasteiger partial charge >= 0.3 is 0 Å². The lowest BCUT2D eigenvalue weighted by Gasteiger charge is -2.51. The molecule has 6 rings (SSSR count). The van der Waals surface area contributed by atoms with Gasteiger partial charge in [-0.1, -0.05) is 41.5 Å². The molecule has 0 aromatic rings. The second kappa shape index (κ2) is 31.9. The number of hydrogen-bond acceptors (Lipinski definition) is 37. The van der Waals surface area contributed by atoms with Crippen LogP contribution < -0.4 is 22.2 Å². The molecule has 30 atom stereocenters. The van der Waals surface area contributed by atoms with E-state index in [2.05, 4.69) is 12.9 Å². The van der Waals surface area contributed by atoms with Gasteiger partial charge in [0.2, 0.25) is 31.2 Å². The first-order valence-corrected chi connectivity index (χ1v) is 34.4. The summed E-state index contributed by atoms with van der Waals surface area (Å²) in [5.41, 5.74) is 11.1. The van der Waals surface area contributed by atoms with E-state index >= 15 is 0 Å². The second-order valence-corrected chi connectivity index (χ2v) is 27.8. The van der Waals surface area contributed by atoms with Crippen molar-refractivity contribution in [3.63, 3.8) is 0 Å². The number of aliphatic hydroxyl groups is 7. The molecule has 41 heteroatoms. The molecule has 0 saturated carbocycles. The lowest BCUT2D eigenvalue weighted by Crippen LogP contribution is -2.68. The highest BCUT2D eigenvalue weighted by Crippen LogP contribution is 2.40. The number of aliphatic hydroxyl groups excluding tert-OH is 7. The number of ether oxygens (including phenoxy) is 12. The molecule has 88 heavy (non-hydrogen) atoms. The molecule has 0 aliphatic carbocycles. The molecule has 6 aliphatic heterocycles. The zero-order chi connectivity index (χ0) is 65.7. The molecular weight excluding hydrogens is 1280 g/mol. The highest BCUT2D eigenvalue weighted by molar-refractivity contribution is 7.91. The van der Waals surface area contributed by atoms with E-state index in [1.165, 1.54) is 34.6 Å². The summed E-state index contributed by atoms with van der Waals surface area (Å²) in [6, 6.07) is -5.35. The maximum atomic E-state index is 12.1. The van der Waals surface area contributed by atoms with E-state index in [1.807, 2.05) is 16.4 Å². The fourth-order valence-electron chi connectivity index (χ4n) is 11.2. The van der Waals surface area contributed by atoms with Gasteiger partial charge in [0, 0.05) is 24.3 Å². The van der Waals surface area contributed by atoms with Crippen molar-refractivity contribution in [2.45, 2.75) is 254 Å². The van der Waals surface area contributed by atoms with Crippen molar-refractivity contribution in [2.75, 3.05) is 24.7 Å². The highest BCUT2D eigenvalue weighted by Gasteiger charge is 2.57. The third-order valence-corrected chi connectivity index (χ3v) is 18.9. The van der Waals surface area contributed by atoms with Gasteiger partial charge in [0.15, 0.2) is 47.6 Å². The lowest BCUT2D eigenvalue weighted by atomic mass is 9.90. The highest BCUT2D eigenvalue weighted by atomic mass is 32.3. The summed E-state index contributed by atoms with van der Waals surface area (Å²) in [6.45, 7) is 13.5. The first-order valence-electron chi connectivity index (χ1n) is 28.6. The maximum Gasteiger partial charge on any atom is 0.234 e. The Morgan fingerprint density at radius 2 is 0.727 bits per heavy atom. The van der Waals surface area contributed by atoms with Crippen LogP contribution in [0.1, 0.15) is 88.0 Å². The molecule has 37 nitrogen and oxygen atoms in total. The van der Waals surface area contributed by atoms with Gasteiger partial charge in [-0.25, -0.2) is 33.7 Å². The molecule has 6 aliphatic rings. The Bertz CT molecular complexity index is 2650. The van der Waals surface area contributed by atoms with Crippen LogP contribution in [0.15, 0.2) is 0 Å². The second-order valence-electron chi connectivity index (χ2n) is 22.6. The minimum absolute atomic E-state index is 0.0151. The zero-order valence-corrected chi connectivity index (χ0v) is 52.7.